The molecule has 4 heteroatoms. The number of carbonyl (C=O) groups is 1. The highest BCUT2D eigenvalue weighted by molar-refractivity contribution is 5.76. The third kappa shape index (κ3) is 56.9. The Balaban J connectivity index is 3.50. The zero-order valence-corrected chi connectivity index (χ0v) is 46.6. The molecule has 0 fully saturated rings. The molecule has 3 N–H and O–H groups in total. The predicted octanol–water partition coefficient (Wildman–Crippen LogP) is 20.8. The van der Waals surface area contributed by atoms with Crippen LogP contribution in [-0.4, -0.2) is 34.9 Å². The molecule has 69 heavy (non-hydrogen) atoms. The number of hydrogen-bond acceptors (Lipinski definition) is 3. The molecule has 4 nitrogen and oxygen atoms in total. The van der Waals surface area contributed by atoms with Crippen molar-refractivity contribution in [1.82, 2.24) is 5.32 Å². The molecule has 0 aromatic carbocycles. The van der Waals surface area contributed by atoms with Crippen molar-refractivity contribution >= 4 is 5.91 Å². The average Bonchev–Trinajstić information content (AvgIpc) is 3.35. The van der Waals surface area contributed by atoms with E-state index in [1.165, 1.54) is 263 Å². The Morgan fingerprint density at radius 1 is 0.348 bits per heavy atom. The number of nitrogens with one attached hydrogen (secondary N) is 1. The van der Waals surface area contributed by atoms with Crippen LogP contribution in [0.2, 0.25) is 0 Å². The zero-order chi connectivity index (χ0) is 49.9. The number of allylic oxidation sites excluding steroid dienone is 9. The number of amides is 1. The van der Waals surface area contributed by atoms with E-state index in [2.05, 4.69) is 67.8 Å². The third-order valence-corrected chi connectivity index (χ3v) is 14.2. The van der Waals surface area contributed by atoms with Crippen molar-refractivity contribution in [1.29, 1.82) is 0 Å². The molecule has 404 valence electrons. The van der Waals surface area contributed by atoms with Gasteiger partial charge >= 0.3 is 0 Å². The van der Waals surface area contributed by atoms with Crippen LogP contribution in [0.3, 0.4) is 0 Å². The van der Waals surface area contributed by atoms with Crippen LogP contribution in [-0.2, 0) is 4.79 Å². The van der Waals surface area contributed by atoms with E-state index in [1.54, 1.807) is 6.08 Å². The van der Waals surface area contributed by atoms with Crippen molar-refractivity contribution < 1.29 is 15.0 Å². The molecule has 2 unspecified atom stereocenters. The van der Waals surface area contributed by atoms with Gasteiger partial charge in [0.2, 0.25) is 5.91 Å². The van der Waals surface area contributed by atoms with Crippen LogP contribution in [0.1, 0.15) is 328 Å². The van der Waals surface area contributed by atoms with E-state index in [0.29, 0.717) is 6.42 Å². The predicted molar refractivity (Wildman–Crippen MR) is 308 cm³/mol. The highest BCUT2D eigenvalue weighted by atomic mass is 16.3. The van der Waals surface area contributed by atoms with Crippen molar-refractivity contribution in [3.63, 3.8) is 0 Å². The largest absolute Gasteiger partial charge is 0.394 e. The zero-order valence-electron chi connectivity index (χ0n) is 46.6. The summed E-state index contributed by atoms with van der Waals surface area (Å²) in [5, 5.41) is 23.2. The number of aliphatic hydroxyl groups excluding tert-OH is 2. The Hall–Kier alpha value is -1.91. The van der Waals surface area contributed by atoms with Crippen LogP contribution in [0.15, 0.2) is 60.8 Å². The molecule has 1 amide bonds. The van der Waals surface area contributed by atoms with Gasteiger partial charge in [0.25, 0.3) is 0 Å². The van der Waals surface area contributed by atoms with Gasteiger partial charge in [0.1, 0.15) is 0 Å². The monoisotopic (exact) mass is 964 g/mol. The molecule has 0 heterocycles. The SMILES string of the molecule is CCCCCCC/C=C\C/C=C\CCCCCCCCCCCCCCCCCCCCCCCC(=O)NC(CO)C(O)/C=C/CC/C=C/CC/C=C/CCCCCCCCCCCCCCCC. The highest BCUT2D eigenvalue weighted by Crippen LogP contribution is 2.17. The van der Waals surface area contributed by atoms with Gasteiger partial charge in [-0.2, -0.15) is 0 Å². The molecule has 0 bridgehead atoms. The molecule has 2 atom stereocenters. The van der Waals surface area contributed by atoms with Crippen LogP contribution in [0.25, 0.3) is 0 Å². The van der Waals surface area contributed by atoms with E-state index < -0.39 is 12.1 Å². The molecule has 0 aliphatic carbocycles. The van der Waals surface area contributed by atoms with Crippen molar-refractivity contribution in [2.45, 2.75) is 341 Å². The molecule has 0 rings (SSSR count). The van der Waals surface area contributed by atoms with Crippen LogP contribution in [0, 0.1) is 0 Å². The van der Waals surface area contributed by atoms with Gasteiger partial charge in [0, 0.05) is 6.42 Å². The second-order valence-corrected chi connectivity index (χ2v) is 21.1. The van der Waals surface area contributed by atoms with E-state index in [0.717, 1.165) is 44.9 Å². The van der Waals surface area contributed by atoms with Crippen molar-refractivity contribution in [3.05, 3.63) is 60.8 Å². The van der Waals surface area contributed by atoms with E-state index in [9.17, 15) is 15.0 Å². The maximum absolute atomic E-state index is 12.5. The highest BCUT2D eigenvalue weighted by Gasteiger charge is 2.18. The summed E-state index contributed by atoms with van der Waals surface area (Å²) in [6.07, 6.45) is 85.6. The first-order valence-corrected chi connectivity index (χ1v) is 31.0. The average molecular weight is 965 g/mol. The van der Waals surface area contributed by atoms with Crippen LogP contribution >= 0.6 is 0 Å². The fourth-order valence-electron chi connectivity index (χ4n) is 9.48. The van der Waals surface area contributed by atoms with Gasteiger partial charge < -0.3 is 15.5 Å². The molecular formula is C65H121NO3. The topological polar surface area (TPSA) is 69.6 Å². The lowest BCUT2D eigenvalue weighted by Gasteiger charge is -2.19. The second kappa shape index (κ2) is 60.4. The molecule has 0 aromatic heterocycles. The smallest absolute Gasteiger partial charge is 0.220 e. The lowest BCUT2D eigenvalue weighted by molar-refractivity contribution is -0.123. The first kappa shape index (κ1) is 67.1. The van der Waals surface area contributed by atoms with Gasteiger partial charge in [-0.05, 0) is 77.0 Å². The summed E-state index contributed by atoms with van der Waals surface area (Å²) >= 11 is 0. The quantitative estimate of drug-likeness (QED) is 0.0420. The Labute approximate surface area is 432 Å². The van der Waals surface area contributed by atoms with Crippen molar-refractivity contribution in [3.8, 4) is 0 Å². The summed E-state index contributed by atoms with van der Waals surface area (Å²) in [5.41, 5.74) is 0. The number of rotatable bonds is 57. The maximum Gasteiger partial charge on any atom is 0.220 e. The first-order chi connectivity index (χ1) is 34.2. The van der Waals surface area contributed by atoms with Crippen LogP contribution in [0.5, 0.6) is 0 Å². The lowest BCUT2D eigenvalue weighted by Crippen LogP contribution is -2.45. The number of aliphatic hydroxyl groups is 2. The van der Waals surface area contributed by atoms with E-state index >= 15 is 0 Å². The van der Waals surface area contributed by atoms with Gasteiger partial charge in [0.15, 0.2) is 0 Å². The standard InChI is InChI=1S/C65H121NO3/c1-3-5-7-9-11-13-15-17-19-21-23-25-27-29-30-31-32-33-34-35-36-37-39-41-43-45-47-49-51-53-55-57-59-61-65(69)66-63(62-67)64(68)60-58-56-54-52-50-48-46-44-42-40-38-28-26-24-22-20-18-16-14-12-10-8-6-4-2/h15,17,21,23,42,44,50,52,58,60,63-64,67-68H,3-14,16,18-20,22,24-41,43,45-49,51,53-57,59,61-62H2,1-2H3,(H,66,69)/b17-15-,23-21-,44-42+,52-50+,60-58+. The van der Waals surface area contributed by atoms with Crippen LogP contribution in [0.4, 0.5) is 0 Å². The van der Waals surface area contributed by atoms with Gasteiger partial charge in [-0.1, -0.05) is 306 Å². The number of carbonyl (C=O) groups excluding carboxylic acids is 1. The van der Waals surface area contributed by atoms with Gasteiger partial charge in [-0.25, -0.2) is 0 Å². The molecule has 0 aliphatic heterocycles. The van der Waals surface area contributed by atoms with Crippen molar-refractivity contribution in [2.24, 2.45) is 0 Å². The van der Waals surface area contributed by atoms with Gasteiger partial charge in [-0.15, -0.1) is 0 Å². The molecule has 0 saturated heterocycles. The molecule has 0 aromatic rings. The summed E-state index contributed by atoms with van der Waals surface area (Å²) in [6.45, 7) is 4.31. The second-order valence-electron chi connectivity index (χ2n) is 21.1. The first-order valence-electron chi connectivity index (χ1n) is 31.0. The molecule has 0 saturated carbocycles. The minimum Gasteiger partial charge on any atom is -0.394 e. The number of hydrogen-bond donors (Lipinski definition) is 3. The Bertz CT molecular complexity index is 1140. The summed E-state index contributed by atoms with van der Waals surface area (Å²) in [4.78, 5) is 12.5. The fraction of sp³-hybridized carbons (Fsp3) is 0.831. The van der Waals surface area contributed by atoms with E-state index in [-0.39, 0.29) is 12.5 Å². The molecular weight excluding hydrogens is 843 g/mol. The Morgan fingerprint density at radius 2 is 0.609 bits per heavy atom. The summed E-state index contributed by atoms with van der Waals surface area (Å²) in [6, 6.07) is -0.647. The van der Waals surface area contributed by atoms with Gasteiger partial charge in [-0.3, -0.25) is 4.79 Å². The van der Waals surface area contributed by atoms with E-state index in [1.807, 2.05) is 6.08 Å². The van der Waals surface area contributed by atoms with E-state index in [4.69, 9.17) is 0 Å². The maximum atomic E-state index is 12.5. The van der Waals surface area contributed by atoms with Crippen LogP contribution < -0.4 is 5.32 Å². The van der Waals surface area contributed by atoms with Crippen molar-refractivity contribution in [2.75, 3.05) is 6.61 Å². The third-order valence-electron chi connectivity index (χ3n) is 14.2. The summed E-state index contributed by atoms with van der Waals surface area (Å²) < 4.78 is 0. The Kier molecular flexibility index (Phi) is 58.7. The summed E-state index contributed by atoms with van der Waals surface area (Å²) in [7, 11) is 0. The molecule has 0 spiro atoms. The minimum atomic E-state index is -0.872. The lowest BCUT2D eigenvalue weighted by atomic mass is 10.0. The normalized spacial score (nSPS) is 13.2. The fourth-order valence-corrected chi connectivity index (χ4v) is 9.48. The molecule has 0 aliphatic rings. The minimum absolute atomic E-state index is 0.0733. The van der Waals surface area contributed by atoms with Gasteiger partial charge in [0.05, 0.1) is 18.8 Å². The molecule has 0 radical (unpaired) electrons. The Morgan fingerprint density at radius 3 is 0.928 bits per heavy atom. The summed E-state index contributed by atoms with van der Waals surface area (Å²) in [5.74, 6) is -0.0733. The number of unbranched alkanes of at least 4 members (excludes halogenated alkanes) is 42.